The first-order valence-corrected chi connectivity index (χ1v) is 10.8. The van der Waals surface area contributed by atoms with Gasteiger partial charge in [-0.1, -0.05) is 19.1 Å². The zero-order chi connectivity index (χ0) is 22.7. The molecule has 8 nitrogen and oxygen atoms in total. The van der Waals surface area contributed by atoms with Crippen LogP contribution in [0.2, 0.25) is 0 Å². The molecule has 1 aromatic rings. The lowest BCUT2D eigenvalue weighted by atomic mass is 9.62. The number of hydrogen-bond acceptors (Lipinski definition) is 5. The van der Waals surface area contributed by atoms with Gasteiger partial charge in [-0.3, -0.25) is 14.4 Å². The summed E-state index contributed by atoms with van der Waals surface area (Å²) in [5.41, 5.74) is 0.663. The van der Waals surface area contributed by atoms with E-state index in [2.05, 4.69) is 10.6 Å². The molecule has 3 heterocycles. The second-order valence-corrected chi connectivity index (χ2v) is 9.38. The highest BCUT2D eigenvalue weighted by Gasteiger charge is 2.79. The molecule has 3 amide bonds. The van der Waals surface area contributed by atoms with Crippen LogP contribution in [0.25, 0.3) is 0 Å². The Morgan fingerprint density at radius 2 is 2.00 bits per heavy atom. The van der Waals surface area contributed by atoms with Crippen LogP contribution in [0.1, 0.15) is 31.4 Å². The van der Waals surface area contributed by atoms with Gasteiger partial charge in [0.2, 0.25) is 17.7 Å². The third-order valence-electron chi connectivity index (χ3n) is 7.58. The number of aliphatic hydroxyl groups is 1. The van der Waals surface area contributed by atoms with Crippen molar-refractivity contribution in [3.05, 3.63) is 29.3 Å². The number of aryl methyl sites for hydroxylation is 2. The number of rotatable bonds is 5. The lowest BCUT2D eigenvalue weighted by molar-refractivity contribution is -0.146. The van der Waals surface area contributed by atoms with E-state index in [1.54, 1.807) is 7.05 Å². The maximum absolute atomic E-state index is 13.6. The minimum Gasteiger partial charge on any atom is -0.395 e. The number of carbonyl (C=O) groups is 3. The van der Waals surface area contributed by atoms with Crippen LogP contribution in [0.3, 0.4) is 0 Å². The first kappa shape index (κ1) is 21.8. The van der Waals surface area contributed by atoms with Crippen LogP contribution in [-0.2, 0) is 19.1 Å². The van der Waals surface area contributed by atoms with E-state index in [1.165, 1.54) is 4.90 Å². The Balaban J connectivity index is 1.78. The van der Waals surface area contributed by atoms with Crippen LogP contribution in [-0.4, -0.2) is 65.2 Å². The quantitative estimate of drug-likeness (QED) is 0.647. The normalized spacial score (nSPS) is 35.9. The standard InChI is InChI=1S/C23H31N3O5/c1-12-6-7-13(2)15(10-12)25-20(29)18-23-11-14(3)22(4,31-23)16(19(28)24-5)17(23)21(30)26(18)8-9-27/h6-7,10,14,16-18,27H,8-9,11H2,1-5H3,(H,24,28)(H,25,29)/t14?,16-,17+,18?,22+,23?/m1/s1. The average Bonchev–Trinajstić information content (AvgIpc) is 3.22. The van der Waals surface area contributed by atoms with E-state index in [0.29, 0.717) is 12.1 Å². The molecular weight excluding hydrogens is 398 g/mol. The molecule has 0 aromatic heterocycles. The van der Waals surface area contributed by atoms with Crippen molar-refractivity contribution in [1.29, 1.82) is 0 Å². The highest BCUT2D eigenvalue weighted by Crippen LogP contribution is 2.65. The first-order chi connectivity index (χ1) is 14.6. The van der Waals surface area contributed by atoms with Gasteiger partial charge in [-0.25, -0.2) is 0 Å². The highest BCUT2D eigenvalue weighted by molar-refractivity contribution is 6.04. The van der Waals surface area contributed by atoms with Gasteiger partial charge in [-0.2, -0.15) is 0 Å². The molecule has 2 bridgehead atoms. The SMILES string of the molecule is CNC(=O)[C@H]1[C@H]2C(=O)N(CCO)C(C(=O)Nc3cc(C)ccc3C)C23CC(C)[C@]1(C)O3. The van der Waals surface area contributed by atoms with Gasteiger partial charge < -0.3 is 25.4 Å². The summed E-state index contributed by atoms with van der Waals surface area (Å²) in [5.74, 6) is -2.37. The predicted octanol–water partition coefficient (Wildman–Crippen LogP) is 0.991. The van der Waals surface area contributed by atoms with Crippen molar-refractivity contribution >= 4 is 23.4 Å². The summed E-state index contributed by atoms with van der Waals surface area (Å²) in [7, 11) is 1.55. The van der Waals surface area contributed by atoms with E-state index in [-0.39, 0.29) is 36.8 Å². The van der Waals surface area contributed by atoms with Crippen LogP contribution in [0.5, 0.6) is 0 Å². The van der Waals surface area contributed by atoms with Gasteiger partial charge in [0.05, 0.1) is 24.0 Å². The summed E-state index contributed by atoms with van der Waals surface area (Å²) < 4.78 is 6.53. The molecule has 3 aliphatic rings. The fourth-order valence-electron chi connectivity index (χ4n) is 6.01. The number of carbonyl (C=O) groups excluding carboxylic acids is 3. The molecule has 0 radical (unpaired) electrons. The summed E-state index contributed by atoms with van der Waals surface area (Å²) in [6.07, 6.45) is 0.500. The summed E-state index contributed by atoms with van der Waals surface area (Å²) in [4.78, 5) is 41.4. The van der Waals surface area contributed by atoms with Crippen molar-refractivity contribution in [2.45, 2.75) is 51.4 Å². The number of nitrogens with zero attached hydrogens (tertiary/aromatic N) is 1. The van der Waals surface area contributed by atoms with E-state index in [0.717, 1.165) is 11.1 Å². The lowest BCUT2D eigenvalue weighted by Crippen LogP contribution is -2.54. The second-order valence-electron chi connectivity index (χ2n) is 9.38. The van der Waals surface area contributed by atoms with Crippen LogP contribution in [0.15, 0.2) is 18.2 Å². The Labute approximate surface area is 182 Å². The molecule has 8 heteroatoms. The van der Waals surface area contributed by atoms with Gasteiger partial charge in [0, 0.05) is 19.3 Å². The maximum Gasteiger partial charge on any atom is 0.250 e. The number of amides is 3. The number of β-amino-alcohol motifs (C(OH)–C–C–N with tert-alkyl or cyclic N) is 1. The average molecular weight is 430 g/mol. The summed E-state index contributed by atoms with van der Waals surface area (Å²) in [6, 6.07) is 4.87. The fraction of sp³-hybridized carbons (Fsp3) is 0.609. The monoisotopic (exact) mass is 429 g/mol. The van der Waals surface area contributed by atoms with Gasteiger partial charge in [0.15, 0.2) is 0 Å². The van der Waals surface area contributed by atoms with Gasteiger partial charge in [-0.05, 0) is 50.3 Å². The van der Waals surface area contributed by atoms with Crippen molar-refractivity contribution in [3.8, 4) is 0 Å². The topological polar surface area (TPSA) is 108 Å². The number of anilines is 1. The fourth-order valence-corrected chi connectivity index (χ4v) is 6.01. The smallest absolute Gasteiger partial charge is 0.250 e. The molecular formula is C23H31N3O5. The first-order valence-electron chi connectivity index (χ1n) is 10.8. The molecule has 3 unspecified atom stereocenters. The molecule has 3 fully saturated rings. The number of hydrogen-bond donors (Lipinski definition) is 3. The molecule has 168 valence electrons. The molecule has 1 aromatic carbocycles. The van der Waals surface area contributed by atoms with Crippen molar-refractivity contribution in [3.63, 3.8) is 0 Å². The van der Waals surface area contributed by atoms with Crippen LogP contribution in [0.4, 0.5) is 5.69 Å². The third kappa shape index (κ3) is 2.91. The molecule has 3 aliphatic heterocycles. The van der Waals surface area contributed by atoms with Gasteiger partial charge in [0.25, 0.3) is 0 Å². The molecule has 31 heavy (non-hydrogen) atoms. The van der Waals surface area contributed by atoms with Crippen LogP contribution in [0, 0.1) is 31.6 Å². The van der Waals surface area contributed by atoms with E-state index in [1.807, 2.05) is 45.9 Å². The molecule has 1 spiro atoms. The lowest BCUT2D eigenvalue weighted by Gasteiger charge is -2.36. The Kier molecular flexibility index (Phi) is 5.13. The molecule has 0 aliphatic carbocycles. The Bertz CT molecular complexity index is 949. The molecule has 6 atom stereocenters. The molecule has 3 N–H and O–H groups in total. The predicted molar refractivity (Wildman–Crippen MR) is 114 cm³/mol. The molecule has 0 saturated carbocycles. The van der Waals surface area contributed by atoms with Crippen LogP contribution >= 0.6 is 0 Å². The number of aliphatic hydroxyl groups excluding tert-OH is 1. The third-order valence-corrected chi connectivity index (χ3v) is 7.58. The van der Waals surface area contributed by atoms with E-state index in [4.69, 9.17) is 4.74 Å². The van der Waals surface area contributed by atoms with E-state index < -0.39 is 29.1 Å². The van der Waals surface area contributed by atoms with Crippen molar-refractivity contribution < 1.29 is 24.2 Å². The number of benzene rings is 1. The Morgan fingerprint density at radius 1 is 1.29 bits per heavy atom. The second kappa shape index (κ2) is 7.31. The summed E-state index contributed by atoms with van der Waals surface area (Å²) >= 11 is 0. The van der Waals surface area contributed by atoms with E-state index in [9.17, 15) is 19.5 Å². The maximum atomic E-state index is 13.6. The van der Waals surface area contributed by atoms with Crippen molar-refractivity contribution in [2.75, 3.05) is 25.5 Å². The van der Waals surface area contributed by atoms with Crippen LogP contribution < -0.4 is 10.6 Å². The highest BCUT2D eigenvalue weighted by atomic mass is 16.5. The summed E-state index contributed by atoms with van der Waals surface area (Å²) in [6.45, 7) is 7.45. The number of ether oxygens (including phenoxy) is 1. The van der Waals surface area contributed by atoms with Gasteiger partial charge in [0.1, 0.15) is 11.6 Å². The van der Waals surface area contributed by atoms with E-state index >= 15 is 0 Å². The van der Waals surface area contributed by atoms with Gasteiger partial charge in [-0.15, -0.1) is 0 Å². The van der Waals surface area contributed by atoms with Gasteiger partial charge >= 0.3 is 0 Å². The van der Waals surface area contributed by atoms with Crippen molar-refractivity contribution in [2.24, 2.45) is 17.8 Å². The van der Waals surface area contributed by atoms with Crippen molar-refractivity contribution in [1.82, 2.24) is 10.2 Å². The zero-order valence-electron chi connectivity index (χ0n) is 18.7. The zero-order valence-corrected chi connectivity index (χ0v) is 18.7. The molecule has 3 saturated heterocycles. The number of nitrogens with one attached hydrogen (secondary N) is 2. The minimum atomic E-state index is -1.10. The molecule has 4 rings (SSSR count). The number of fused-ring (bicyclic) bond motifs is 1. The number of likely N-dealkylation sites (tertiary alicyclic amines) is 1. The largest absolute Gasteiger partial charge is 0.395 e. The minimum absolute atomic E-state index is 0.0102. The Hall–Kier alpha value is -2.45. The summed E-state index contributed by atoms with van der Waals surface area (Å²) in [5, 5.41) is 15.3. The Morgan fingerprint density at radius 3 is 2.65 bits per heavy atom.